The van der Waals surface area contributed by atoms with Gasteiger partial charge in [-0.2, -0.15) is 11.8 Å². The average Bonchev–Trinajstić information content (AvgIpc) is 2.74. The molecule has 148 valence electrons. The fraction of sp³-hybridized carbons (Fsp3) is 0.182. The second-order valence-electron chi connectivity index (χ2n) is 6.66. The summed E-state index contributed by atoms with van der Waals surface area (Å²) in [5.41, 5.74) is 1.67. The largest absolute Gasteiger partial charge is 0.494 e. The Hall–Kier alpha value is -2.77. The maximum absolute atomic E-state index is 12.4. The molecule has 4 rings (SSSR count). The minimum atomic E-state index is -0.376. The van der Waals surface area contributed by atoms with Gasteiger partial charge in [0.15, 0.2) is 4.77 Å². The number of para-hydroxylation sites is 1. The lowest BCUT2D eigenvalue weighted by Gasteiger charge is -2.15. The van der Waals surface area contributed by atoms with Crippen molar-refractivity contribution in [1.82, 2.24) is 9.55 Å². The maximum atomic E-state index is 12.4. The van der Waals surface area contributed by atoms with E-state index in [9.17, 15) is 9.90 Å². The summed E-state index contributed by atoms with van der Waals surface area (Å²) >= 11 is 7.20. The molecule has 1 aliphatic heterocycles. The number of benzene rings is 2. The van der Waals surface area contributed by atoms with Crippen molar-refractivity contribution in [2.24, 2.45) is 0 Å². The van der Waals surface area contributed by atoms with Gasteiger partial charge in [0.05, 0.1) is 5.69 Å². The number of ether oxygens (including phenoxy) is 1. The predicted molar refractivity (Wildman–Crippen MR) is 120 cm³/mol. The van der Waals surface area contributed by atoms with Gasteiger partial charge in [-0.3, -0.25) is 14.3 Å². The molecule has 0 bridgehead atoms. The number of thioether (sulfide) groups is 1. The molecular formula is C22H20N2O3S2. The summed E-state index contributed by atoms with van der Waals surface area (Å²) in [6.45, 7) is 0. The average molecular weight is 425 g/mol. The van der Waals surface area contributed by atoms with E-state index in [0.29, 0.717) is 11.4 Å². The van der Waals surface area contributed by atoms with Gasteiger partial charge in [-0.25, -0.2) is 0 Å². The Kier molecular flexibility index (Phi) is 5.87. The molecule has 2 N–H and O–H groups in total. The number of aromatic hydroxyl groups is 1. The van der Waals surface area contributed by atoms with Crippen LogP contribution in [-0.2, 0) is 0 Å². The van der Waals surface area contributed by atoms with E-state index >= 15 is 0 Å². The van der Waals surface area contributed by atoms with E-state index in [2.05, 4.69) is 4.98 Å². The highest BCUT2D eigenvalue weighted by Crippen LogP contribution is 2.28. The molecule has 0 unspecified atom stereocenters. The van der Waals surface area contributed by atoms with Gasteiger partial charge in [-0.05, 0) is 79.0 Å². The molecule has 1 aromatic heterocycles. The van der Waals surface area contributed by atoms with E-state index in [-0.39, 0.29) is 21.8 Å². The lowest BCUT2D eigenvalue weighted by molar-refractivity contribution is 0.431. The van der Waals surface area contributed by atoms with Crippen LogP contribution in [0.3, 0.4) is 0 Å². The van der Waals surface area contributed by atoms with Crippen molar-refractivity contribution in [3.8, 4) is 23.1 Å². The maximum Gasteiger partial charge on any atom is 0.262 e. The summed E-state index contributed by atoms with van der Waals surface area (Å²) in [6, 6.07) is 16.7. The minimum Gasteiger partial charge on any atom is -0.494 e. The zero-order valence-electron chi connectivity index (χ0n) is 15.6. The highest BCUT2D eigenvalue weighted by molar-refractivity contribution is 7.99. The SMILES string of the molecule is O=c1[nH]c(=S)n(-c2ccc(Oc3ccccc3)cc2)c(O)c1C=C1CCSCC1. The van der Waals surface area contributed by atoms with Crippen LogP contribution in [0.5, 0.6) is 17.4 Å². The van der Waals surface area contributed by atoms with Crippen LogP contribution in [0.1, 0.15) is 18.4 Å². The third-order valence-corrected chi connectivity index (χ3v) is 5.95. The fourth-order valence-electron chi connectivity index (χ4n) is 3.18. The molecule has 2 heterocycles. The van der Waals surface area contributed by atoms with E-state index in [0.717, 1.165) is 30.1 Å². The Bertz CT molecular complexity index is 1140. The van der Waals surface area contributed by atoms with Crippen molar-refractivity contribution < 1.29 is 9.84 Å². The van der Waals surface area contributed by atoms with Crippen LogP contribution in [0, 0.1) is 4.77 Å². The fourth-order valence-corrected chi connectivity index (χ4v) is 4.48. The summed E-state index contributed by atoms with van der Waals surface area (Å²) in [4.78, 5) is 15.1. The monoisotopic (exact) mass is 424 g/mol. The Morgan fingerprint density at radius 2 is 1.69 bits per heavy atom. The first-order valence-corrected chi connectivity index (χ1v) is 10.9. The molecule has 0 saturated carbocycles. The second kappa shape index (κ2) is 8.71. The van der Waals surface area contributed by atoms with Crippen molar-refractivity contribution >= 4 is 30.1 Å². The Labute approximate surface area is 177 Å². The molecule has 0 aliphatic carbocycles. The first-order chi connectivity index (χ1) is 14.1. The van der Waals surface area contributed by atoms with E-state index in [1.54, 1.807) is 30.3 Å². The van der Waals surface area contributed by atoms with Gasteiger partial charge in [0, 0.05) is 0 Å². The summed E-state index contributed by atoms with van der Waals surface area (Å²) in [7, 11) is 0. The summed E-state index contributed by atoms with van der Waals surface area (Å²) < 4.78 is 7.42. The molecule has 2 aromatic carbocycles. The van der Waals surface area contributed by atoms with Crippen molar-refractivity contribution in [2.45, 2.75) is 12.8 Å². The molecule has 0 radical (unpaired) electrons. The number of rotatable bonds is 4. The molecule has 0 amide bonds. The molecule has 3 aromatic rings. The Morgan fingerprint density at radius 1 is 1.03 bits per heavy atom. The quantitative estimate of drug-likeness (QED) is 0.556. The van der Waals surface area contributed by atoms with Crippen LogP contribution in [-0.4, -0.2) is 26.2 Å². The third-order valence-electron chi connectivity index (χ3n) is 4.68. The van der Waals surface area contributed by atoms with Gasteiger partial charge in [-0.1, -0.05) is 23.8 Å². The second-order valence-corrected chi connectivity index (χ2v) is 8.27. The third kappa shape index (κ3) is 4.46. The van der Waals surface area contributed by atoms with E-state index in [1.165, 1.54) is 10.1 Å². The smallest absolute Gasteiger partial charge is 0.262 e. The predicted octanol–water partition coefficient (Wildman–Crippen LogP) is 5.30. The normalized spacial score (nSPS) is 13.9. The lowest BCUT2D eigenvalue weighted by Crippen LogP contribution is -2.16. The van der Waals surface area contributed by atoms with Gasteiger partial charge in [0.1, 0.15) is 17.1 Å². The highest BCUT2D eigenvalue weighted by Gasteiger charge is 2.15. The lowest BCUT2D eigenvalue weighted by atomic mass is 10.1. The number of nitrogens with one attached hydrogen (secondary N) is 1. The molecule has 5 nitrogen and oxygen atoms in total. The number of hydrogen-bond donors (Lipinski definition) is 2. The molecule has 29 heavy (non-hydrogen) atoms. The topological polar surface area (TPSA) is 67.2 Å². The standard InChI is InChI=1S/C22H20N2O3S2/c25-20-19(14-15-10-12-29-13-11-15)21(26)24(22(28)23-20)16-6-8-18(9-7-16)27-17-4-2-1-3-5-17/h1-9,14,26H,10-13H2,(H,23,25,28). The van der Waals surface area contributed by atoms with Crippen molar-refractivity contribution in [2.75, 3.05) is 11.5 Å². The van der Waals surface area contributed by atoms with E-state index in [4.69, 9.17) is 17.0 Å². The van der Waals surface area contributed by atoms with Crippen LogP contribution in [0.15, 0.2) is 65.0 Å². The number of nitrogens with zero attached hydrogens (tertiary/aromatic N) is 1. The zero-order chi connectivity index (χ0) is 20.2. The number of H-pyrrole nitrogens is 1. The molecule has 1 saturated heterocycles. The number of allylic oxidation sites excluding steroid dienone is 1. The molecule has 0 atom stereocenters. The summed E-state index contributed by atoms with van der Waals surface area (Å²) in [5.74, 6) is 3.32. The van der Waals surface area contributed by atoms with Crippen LogP contribution in [0.4, 0.5) is 0 Å². The minimum absolute atomic E-state index is 0.144. The molecule has 0 spiro atoms. The van der Waals surface area contributed by atoms with Gasteiger partial charge >= 0.3 is 0 Å². The van der Waals surface area contributed by atoms with Crippen LogP contribution >= 0.6 is 24.0 Å². The van der Waals surface area contributed by atoms with Crippen molar-refractivity contribution in [3.63, 3.8) is 0 Å². The number of aromatic nitrogens is 2. The molecular weight excluding hydrogens is 404 g/mol. The van der Waals surface area contributed by atoms with Gasteiger partial charge in [0.25, 0.3) is 5.56 Å². The molecule has 7 heteroatoms. The summed E-state index contributed by atoms with van der Waals surface area (Å²) in [6.07, 6.45) is 3.64. The van der Waals surface area contributed by atoms with Crippen LogP contribution in [0.25, 0.3) is 11.8 Å². The van der Waals surface area contributed by atoms with E-state index < -0.39 is 0 Å². The first-order valence-electron chi connectivity index (χ1n) is 9.30. The van der Waals surface area contributed by atoms with Crippen molar-refractivity contribution in [3.05, 3.63) is 80.9 Å². The van der Waals surface area contributed by atoms with Crippen LogP contribution < -0.4 is 10.3 Å². The zero-order valence-corrected chi connectivity index (χ0v) is 17.3. The number of aromatic amines is 1. The van der Waals surface area contributed by atoms with Crippen molar-refractivity contribution in [1.29, 1.82) is 0 Å². The Morgan fingerprint density at radius 3 is 2.38 bits per heavy atom. The summed E-state index contributed by atoms with van der Waals surface area (Å²) in [5, 5.41) is 10.8. The highest BCUT2D eigenvalue weighted by atomic mass is 32.2. The number of hydrogen-bond acceptors (Lipinski definition) is 5. The van der Waals surface area contributed by atoms with Crippen LogP contribution in [0.2, 0.25) is 0 Å². The molecule has 1 aliphatic rings. The van der Waals surface area contributed by atoms with E-state index in [1.807, 2.05) is 42.1 Å². The van der Waals surface area contributed by atoms with Gasteiger partial charge in [0.2, 0.25) is 5.88 Å². The Balaban J connectivity index is 1.68. The molecule has 1 fully saturated rings. The van der Waals surface area contributed by atoms with Gasteiger partial charge in [-0.15, -0.1) is 0 Å². The first kappa shape index (κ1) is 19.5. The van der Waals surface area contributed by atoms with Gasteiger partial charge < -0.3 is 9.84 Å².